The average Bonchev–Trinajstić information content (AvgIpc) is 3.25. The third kappa shape index (κ3) is 3.59. The molecule has 1 aliphatic rings. The maximum Gasteiger partial charge on any atom is 0.187 e. The van der Waals surface area contributed by atoms with Gasteiger partial charge in [0.2, 0.25) is 0 Å². The molecule has 0 bridgehead atoms. The summed E-state index contributed by atoms with van der Waals surface area (Å²) in [7, 11) is 0. The zero-order valence-corrected chi connectivity index (χ0v) is 14.2. The second-order valence-electron chi connectivity index (χ2n) is 5.66. The summed E-state index contributed by atoms with van der Waals surface area (Å²) < 4.78 is 36.3. The van der Waals surface area contributed by atoms with Gasteiger partial charge in [0.25, 0.3) is 0 Å². The minimum absolute atomic E-state index is 0.0379. The number of ether oxygens (including phenoxy) is 1. The van der Waals surface area contributed by atoms with Gasteiger partial charge in [-0.1, -0.05) is 11.6 Å². The van der Waals surface area contributed by atoms with E-state index in [4.69, 9.17) is 22.1 Å². The van der Waals surface area contributed by atoms with Crippen molar-refractivity contribution in [2.45, 2.75) is 25.4 Å². The third-order valence-corrected chi connectivity index (χ3v) is 4.13. The summed E-state index contributed by atoms with van der Waals surface area (Å²) >= 11 is 5.59. The van der Waals surface area contributed by atoms with Crippen molar-refractivity contribution in [1.82, 2.24) is 9.97 Å². The summed E-state index contributed by atoms with van der Waals surface area (Å²) in [6.07, 6.45) is 2.91. The molecule has 5 nitrogen and oxygen atoms in total. The van der Waals surface area contributed by atoms with Crippen LogP contribution in [0.3, 0.4) is 0 Å². The monoisotopic (exact) mass is 370 g/mol. The van der Waals surface area contributed by atoms with Gasteiger partial charge < -0.3 is 10.5 Å². The molecule has 1 aromatic heterocycles. The van der Waals surface area contributed by atoms with Crippen LogP contribution in [0.15, 0.2) is 28.9 Å². The van der Waals surface area contributed by atoms with Gasteiger partial charge in [0, 0.05) is 23.4 Å². The standard InChI is InChI=1S/C15H13ClF2N4OS/c1-15(2-3-15)23-12-4-8(10(19)5-9(12)17)14(22-24-18)11-6-13(16)21-7-20-11/h4-7H,2-3,19H2,1H3/b22-14-. The topological polar surface area (TPSA) is 73.4 Å². The Kier molecular flexibility index (Phi) is 4.60. The van der Waals surface area contributed by atoms with Gasteiger partial charge in [-0.15, -0.1) is 3.89 Å². The van der Waals surface area contributed by atoms with Gasteiger partial charge in [0.05, 0.1) is 5.69 Å². The lowest BCUT2D eigenvalue weighted by Gasteiger charge is -2.16. The van der Waals surface area contributed by atoms with Crippen molar-refractivity contribution < 1.29 is 13.0 Å². The van der Waals surface area contributed by atoms with Crippen molar-refractivity contribution in [3.05, 3.63) is 46.8 Å². The normalized spacial score (nSPS) is 16.1. The summed E-state index contributed by atoms with van der Waals surface area (Å²) in [6, 6.07) is 3.94. The van der Waals surface area contributed by atoms with Gasteiger partial charge in [-0.25, -0.2) is 14.4 Å². The van der Waals surface area contributed by atoms with Crippen molar-refractivity contribution in [2.75, 3.05) is 5.73 Å². The number of rotatable bonds is 5. The zero-order chi connectivity index (χ0) is 17.3. The fraction of sp³-hybridized carbons (Fsp3) is 0.267. The van der Waals surface area contributed by atoms with E-state index in [1.165, 1.54) is 18.5 Å². The summed E-state index contributed by atoms with van der Waals surface area (Å²) in [5, 5.41) is 0.166. The van der Waals surface area contributed by atoms with E-state index < -0.39 is 5.82 Å². The number of nitrogen functional groups attached to an aromatic ring is 1. The van der Waals surface area contributed by atoms with E-state index in [1.54, 1.807) is 0 Å². The van der Waals surface area contributed by atoms with E-state index >= 15 is 0 Å². The Hall–Kier alpha value is -1.93. The molecule has 1 aliphatic carbocycles. The molecule has 1 aromatic carbocycles. The SMILES string of the molecule is CC1(Oc2cc(/C(=N/SF)c3cc(Cl)ncn3)c(N)cc2F)CC1. The molecule has 2 aromatic rings. The zero-order valence-electron chi connectivity index (χ0n) is 12.6. The number of nitrogens with zero attached hydrogens (tertiary/aromatic N) is 3. The van der Waals surface area contributed by atoms with E-state index in [-0.39, 0.29) is 45.9 Å². The molecule has 1 fully saturated rings. The number of hydrogen-bond donors (Lipinski definition) is 1. The Morgan fingerprint density at radius 2 is 2.12 bits per heavy atom. The minimum atomic E-state index is -0.586. The number of nitrogens with two attached hydrogens (primary N) is 1. The van der Waals surface area contributed by atoms with Crippen molar-refractivity contribution >= 4 is 35.3 Å². The van der Waals surface area contributed by atoms with E-state index in [2.05, 4.69) is 14.4 Å². The Balaban J connectivity index is 2.07. The fourth-order valence-electron chi connectivity index (χ4n) is 2.13. The van der Waals surface area contributed by atoms with E-state index in [0.717, 1.165) is 18.9 Å². The van der Waals surface area contributed by atoms with Crippen LogP contribution < -0.4 is 10.5 Å². The van der Waals surface area contributed by atoms with Crippen LogP contribution >= 0.6 is 23.9 Å². The van der Waals surface area contributed by atoms with Gasteiger partial charge in [-0.3, -0.25) is 0 Å². The maximum absolute atomic E-state index is 14.1. The smallest absolute Gasteiger partial charge is 0.187 e. The van der Waals surface area contributed by atoms with Crippen molar-refractivity contribution in [3.8, 4) is 5.75 Å². The van der Waals surface area contributed by atoms with Gasteiger partial charge in [-0.2, -0.15) is 4.40 Å². The number of halogens is 3. The fourth-order valence-corrected chi connectivity index (χ4v) is 2.53. The Labute approximate surface area is 146 Å². The van der Waals surface area contributed by atoms with E-state index in [1.807, 2.05) is 6.92 Å². The molecule has 0 spiro atoms. The predicted octanol–water partition coefficient (Wildman–Crippen LogP) is 4.15. The van der Waals surface area contributed by atoms with Gasteiger partial charge >= 0.3 is 0 Å². The lowest BCUT2D eigenvalue weighted by atomic mass is 10.0. The molecule has 1 heterocycles. The quantitative estimate of drug-likeness (QED) is 0.370. The number of anilines is 1. The predicted molar refractivity (Wildman–Crippen MR) is 90.5 cm³/mol. The third-order valence-electron chi connectivity index (χ3n) is 3.67. The number of hydrogen-bond acceptors (Lipinski definition) is 6. The van der Waals surface area contributed by atoms with Crippen molar-refractivity contribution in [2.24, 2.45) is 4.40 Å². The molecule has 0 atom stereocenters. The van der Waals surface area contributed by atoms with Crippen molar-refractivity contribution in [3.63, 3.8) is 0 Å². The molecular formula is C15H13ClF2N4OS. The first-order valence-electron chi connectivity index (χ1n) is 7.04. The molecule has 0 amide bonds. The van der Waals surface area contributed by atoms with Gasteiger partial charge in [-0.05, 0) is 25.8 Å². The molecule has 3 rings (SSSR count). The second-order valence-corrected chi connectivity index (χ2v) is 6.36. The highest BCUT2D eigenvalue weighted by molar-refractivity contribution is 7.93. The molecule has 9 heteroatoms. The summed E-state index contributed by atoms with van der Waals surface area (Å²) in [5.74, 6) is -0.548. The molecule has 126 valence electrons. The average molecular weight is 371 g/mol. The van der Waals surface area contributed by atoms with Gasteiger partial charge in [0.15, 0.2) is 23.9 Å². The highest BCUT2D eigenvalue weighted by atomic mass is 35.5. The molecular weight excluding hydrogens is 358 g/mol. The highest BCUT2D eigenvalue weighted by Crippen LogP contribution is 2.41. The number of benzene rings is 1. The van der Waals surface area contributed by atoms with Crippen LogP contribution in [0.1, 0.15) is 31.0 Å². The van der Waals surface area contributed by atoms with Crippen molar-refractivity contribution in [1.29, 1.82) is 0 Å². The highest BCUT2D eigenvalue weighted by Gasteiger charge is 2.40. The molecule has 2 N–H and O–H groups in total. The van der Waals surface area contributed by atoms with Gasteiger partial charge in [0.1, 0.15) is 22.8 Å². The van der Waals surface area contributed by atoms with Crippen LogP contribution in [0.25, 0.3) is 0 Å². The van der Waals surface area contributed by atoms with E-state index in [0.29, 0.717) is 5.56 Å². The lowest BCUT2D eigenvalue weighted by molar-refractivity contribution is 0.191. The van der Waals surface area contributed by atoms with Crippen LogP contribution in [0.4, 0.5) is 14.0 Å². The molecule has 0 aliphatic heterocycles. The number of aromatic nitrogens is 2. The minimum Gasteiger partial charge on any atom is -0.484 e. The summed E-state index contributed by atoms with van der Waals surface area (Å²) in [4.78, 5) is 7.79. The van der Waals surface area contributed by atoms with Crippen LogP contribution in [0, 0.1) is 5.82 Å². The molecule has 24 heavy (non-hydrogen) atoms. The molecule has 1 saturated carbocycles. The molecule has 0 saturated heterocycles. The first-order valence-corrected chi connectivity index (χ1v) is 8.09. The summed E-state index contributed by atoms with van der Waals surface area (Å²) in [6.45, 7) is 1.89. The first-order chi connectivity index (χ1) is 11.4. The Bertz CT molecular complexity index is 814. The molecule has 0 unspecified atom stereocenters. The van der Waals surface area contributed by atoms with Crippen LogP contribution in [-0.4, -0.2) is 21.3 Å². The Morgan fingerprint density at radius 1 is 1.38 bits per heavy atom. The molecule has 0 radical (unpaired) electrons. The first kappa shape index (κ1) is 16.9. The summed E-state index contributed by atoms with van der Waals surface area (Å²) in [5.41, 5.74) is 6.29. The Morgan fingerprint density at radius 3 is 2.75 bits per heavy atom. The van der Waals surface area contributed by atoms with Crippen LogP contribution in [0.5, 0.6) is 5.75 Å². The van der Waals surface area contributed by atoms with E-state index in [9.17, 15) is 8.28 Å². The largest absolute Gasteiger partial charge is 0.484 e. The van der Waals surface area contributed by atoms with Crippen LogP contribution in [-0.2, 0) is 0 Å². The lowest BCUT2D eigenvalue weighted by Crippen LogP contribution is -2.15. The maximum atomic E-state index is 14.1. The van der Waals surface area contributed by atoms with Crippen LogP contribution in [0.2, 0.25) is 5.15 Å². The second kappa shape index (κ2) is 6.52.